The average Bonchev–Trinajstić information content (AvgIpc) is 2.15. The van der Waals surface area contributed by atoms with E-state index in [1.54, 1.807) is 12.4 Å². The number of nitrogens with zero attached hydrogens (tertiary/aromatic N) is 1. The topological polar surface area (TPSA) is 60.9 Å². The molecule has 0 aromatic carbocycles. The SMILES string of the molecule is OC(=S)Nc1ncc[nH]1. The van der Waals surface area contributed by atoms with Gasteiger partial charge in [0.15, 0.2) is 0 Å². The first-order valence-corrected chi connectivity index (χ1v) is 2.69. The normalized spacial score (nSPS) is 8.89. The minimum absolute atomic E-state index is 0.287. The fraction of sp³-hybridized carbons (Fsp3) is 0. The third-order valence-electron chi connectivity index (χ3n) is 0.724. The molecule has 0 bridgehead atoms. The predicted molar refractivity (Wildman–Crippen MR) is 37.4 cm³/mol. The van der Waals surface area contributed by atoms with Crippen molar-refractivity contribution in [2.45, 2.75) is 0 Å². The molecule has 0 amide bonds. The van der Waals surface area contributed by atoms with Gasteiger partial charge in [0, 0.05) is 12.4 Å². The summed E-state index contributed by atoms with van der Waals surface area (Å²) in [6.45, 7) is 0. The number of hydrogen-bond acceptors (Lipinski definition) is 2. The number of aliphatic hydroxyl groups excluding tert-OH is 1. The molecule has 0 fully saturated rings. The number of aromatic amines is 1. The first-order chi connectivity index (χ1) is 4.29. The van der Waals surface area contributed by atoms with Gasteiger partial charge in [-0.05, 0) is 12.2 Å². The number of H-pyrrole nitrogens is 1. The summed E-state index contributed by atoms with van der Waals surface area (Å²) < 4.78 is 0. The monoisotopic (exact) mass is 143 g/mol. The Morgan fingerprint density at radius 3 is 3.11 bits per heavy atom. The van der Waals surface area contributed by atoms with E-state index >= 15 is 0 Å². The van der Waals surface area contributed by atoms with Crippen LogP contribution in [0.15, 0.2) is 12.4 Å². The minimum atomic E-state index is -0.287. The maximum Gasteiger partial charge on any atom is 0.261 e. The Morgan fingerprint density at radius 1 is 1.89 bits per heavy atom. The molecule has 0 aliphatic carbocycles. The van der Waals surface area contributed by atoms with Gasteiger partial charge in [0.05, 0.1) is 0 Å². The largest absolute Gasteiger partial charge is 0.486 e. The maximum atomic E-state index is 8.48. The standard InChI is InChI=1S/C4H5N3OS/c8-4(9)7-3-5-1-2-6-3/h1-2H,(H3,5,6,7,8,9). The molecule has 0 radical (unpaired) electrons. The van der Waals surface area contributed by atoms with Crippen LogP contribution < -0.4 is 5.32 Å². The van der Waals surface area contributed by atoms with Crippen molar-refractivity contribution >= 4 is 23.3 Å². The number of imidazole rings is 1. The van der Waals surface area contributed by atoms with Crippen molar-refractivity contribution in [3.63, 3.8) is 0 Å². The highest BCUT2D eigenvalue weighted by molar-refractivity contribution is 7.80. The Bertz CT molecular complexity index is 196. The molecule has 0 aliphatic rings. The van der Waals surface area contributed by atoms with Crippen LogP contribution >= 0.6 is 12.2 Å². The van der Waals surface area contributed by atoms with Gasteiger partial charge in [-0.25, -0.2) is 4.98 Å². The number of aliphatic hydroxyl groups is 1. The summed E-state index contributed by atoms with van der Waals surface area (Å²) in [4.78, 5) is 6.44. The second-order valence-electron chi connectivity index (χ2n) is 1.37. The summed E-state index contributed by atoms with van der Waals surface area (Å²) in [6.07, 6.45) is 3.18. The van der Waals surface area contributed by atoms with Gasteiger partial charge in [-0.1, -0.05) is 0 Å². The van der Waals surface area contributed by atoms with Crippen LogP contribution in [0.5, 0.6) is 0 Å². The summed E-state index contributed by atoms with van der Waals surface area (Å²) in [5.74, 6) is 0.447. The van der Waals surface area contributed by atoms with Crippen LogP contribution in [0.2, 0.25) is 0 Å². The van der Waals surface area contributed by atoms with E-state index in [1.165, 1.54) is 0 Å². The predicted octanol–water partition coefficient (Wildman–Crippen LogP) is 0.664. The van der Waals surface area contributed by atoms with E-state index in [4.69, 9.17) is 5.11 Å². The van der Waals surface area contributed by atoms with Crippen LogP contribution in [-0.4, -0.2) is 20.2 Å². The molecule has 1 rings (SSSR count). The van der Waals surface area contributed by atoms with Gasteiger partial charge in [-0.15, -0.1) is 0 Å². The van der Waals surface area contributed by atoms with Gasteiger partial charge in [-0.2, -0.15) is 0 Å². The lowest BCUT2D eigenvalue weighted by Crippen LogP contribution is -2.07. The number of aromatic nitrogens is 2. The van der Waals surface area contributed by atoms with Crippen LogP contribution in [0.3, 0.4) is 0 Å². The quantitative estimate of drug-likeness (QED) is 0.505. The van der Waals surface area contributed by atoms with Crippen molar-refractivity contribution in [2.24, 2.45) is 0 Å². The Balaban J connectivity index is 2.58. The van der Waals surface area contributed by atoms with E-state index in [0.717, 1.165) is 0 Å². The lowest BCUT2D eigenvalue weighted by atomic mass is 11.0. The second-order valence-corrected chi connectivity index (χ2v) is 1.75. The molecule has 1 heterocycles. The Hall–Kier alpha value is -1.10. The smallest absolute Gasteiger partial charge is 0.261 e. The maximum absolute atomic E-state index is 8.48. The molecule has 48 valence electrons. The van der Waals surface area contributed by atoms with Crippen LogP contribution in [0.1, 0.15) is 0 Å². The number of anilines is 1. The van der Waals surface area contributed by atoms with Gasteiger partial charge in [0.1, 0.15) is 0 Å². The highest BCUT2D eigenvalue weighted by Gasteiger charge is 1.92. The molecule has 5 heteroatoms. The number of rotatable bonds is 1. The second kappa shape index (κ2) is 2.45. The fourth-order valence-electron chi connectivity index (χ4n) is 0.435. The van der Waals surface area contributed by atoms with Gasteiger partial charge in [0.2, 0.25) is 5.95 Å². The molecule has 0 unspecified atom stereocenters. The van der Waals surface area contributed by atoms with Crippen molar-refractivity contribution in [1.82, 2.24) is 9.97 Å². The Morgan fingerprint density at radius 2 is 2.67 bits per heavy atom. The summed E-state index contributed by atoms with van der Waals surface area (Å²) in [7, 11) is 0. The molecule has 9 heavy (non-hydrogen) atoms. The van der Waals surface area contributed by atoms with Crippen molar-refractivity contribution in [2.75, 3.05) is 5.32 Å². The average molecular weight is 143 g/mol. The molecule has 1 aromatic rings. The molecule has 0 aliphatic heterocycles. The zero-order valence-corrected chi connectivity index (χ0v) is 5.27. The van der Waals surface area contributed by atoms with Gasteiger partial charge >= 0.3 is 0 Å². The first-order valence-electron chi connectivity index (χ1n) is 2.28. The fourth-order valence-corrected chi connectivity index (χ4v) is 0.532. The molecular formula is C4H5N3OS. The number of nitrogens with one attached hydrogen (secondary N) is 2. The van der Waals surface area contributed by atoms with Gasteiger partial charge < -0.3 is 10.1 Å². The number of hydrogen-bond donors (Lipinski definition) is 3. The van der Waals surface area contributed by atoms with Crippen LogP contribution in [0.4, 0.5) is 5.95 Å². The Kier molecular flexibility index (Phi) is 1.64. The molecule has 0 spiro atoms. The number of thiocarbonyl (C=S) groups is 1. The first kappa shape index (κ1) is 6.03. The molecule has 1 aromatic heterocycles. The molecule has 0 saturated heterocycles. The highest BCUT2D eigenvalue weighted by Crippen LogP contribution is 1.92. The van der Waals surface area contributed by atoms with E-state index in [9.17, 15) is 0 Å². The highest BCUT2D eigenvalue weighted by atomic mass is 32.1. The van der Waals surface area contributed by atoms with Crippen molar-refractivity contribution in [1.29, 1.82) is 0 Å². The van der Waals surface area contributed by atoms with Crippen molar-refractivity contribution < 1.29 is 5.11 Å². The zero-order valence-electron chi connectivity index (χ0n) is 4.46. The summed E-state index contributed by atoms with van der Waals surface area (Å²) in [5.41, 5.74) is 0. The van der Waals surface area contributed by atoms with E-state index in [0.29, 0.717) is 5.95 Å². The minimum Gasteiger partial charge on any atom is -0.486 e. The molecule has 0 atom stereocenters. The zero-order chi connectivity index (χ0) is 6.69. The third-order valence-corrected chi connectivity index (χ3v) is 0.826. The van der Waals surface area contributed by atoms with E-state index in [1.807, 2.05) is 0 Å². The summed E-state index contributed by atoms with van der Waals surface area (Å²) in [5, 5.41) is 10.6. The molecule has 4 nitrogen and oxygen atoms in total. The van der Waals surface area contributed by atoms with E-state index < -0.39 is 0 Å². The van der Waals surface area contributed by atoms with E-state index in [2.05, 4.69) is 27.5 Å². The van der Waals surface area contributed by atoms with Crippen LogP contribution in [0, 0.1) is 0 Å². The van der Waals surface area contributed by atoms with E-state index in [-0.39, 0.29) is 5.17 Å². The molecule has 0 saturated carbocycles. The summed E-state index contributed by atoms with van der Waals surface area (Å²) >= 11 is 4.33. The third kappa shape index (κ3) is 1.69. The molecular weight excluding hydrogens is 138 g/mol. The van der Waals surface area contributed by atoms with Crippen LogP contribution in [0.25, 0.3) is 0 Å². The van der Waals surface area contributed by atoms with Crippen molar-refractivity contribution in [3.05, 3.63) is 12.4 Å². The lowest BCUT2D eigenvalue weighted by molar-refractivity contribution is 0.566. The summed E-state index contributed by atoms with van der Waals surface area (Å²) in [6, 6.07) is 0. The van der Waals surface area contributed by atoms with Gasteiger partial charge in [-0.3, -0.25) is 5.32 Å². The Labute approximate surface area is 56.9 Å². The lowest BCUT2D eigenvalue weighted by Gasteiger charge is -1.93. The van der Waals surface area contributed by atoms with Gasteiger partial charge in [0.25, 0.3) is 5.17 Å². The van der Waals surface area contributed by atoms with Crippen molar-refractivity contribution in [3.8, 4) is 0 Å². The molecule has 3 N–H and O–H groups in total. The van der Waals surface area contributed by atoms with Crippen LogP contribution in [-0.2, 0) is 0 Å².